The smallest absolute Gasteiger partial charge is 0.166 e. The molecular weight excluding hydrogens is 288 g/mol. The molecule has 2 N–H and O–H groups in total. The Bertz CT molecular complexity index is 647. The van der Waals surface area contributed by atoms with E-state index in [2.05, 4.69) is 23.8 Å². The number of carbonyl (C=O) groups is 2. The standard InChI is InChI=1S/C19H26N2O2/c1-5-7-14-12(3)18(10-22)20-16(14)9-17-15(8-6-2)13(4)19(11-23)21-17/h10-11,20-21H,5-9H2,1-4H3. The van der Waals surface area contributed by atoms with Crippen molar-refractivity contribution in [3.63, 3.8) is 0 Å². The summed E-state index contributed by atoms with van der Waals surface area (Å²) in [4.78, 5) is 29.0. The highest BCUT2D eigenvalue weighted by Crippen LogP contribution is 2.26. The first-order valence-corrected chi connectivity index (χ1v) is 8.38. The van der Waals surface area contributed by atoms with Crippen LogP contribution in [0.1, 0.15) is 81.3 Å². The SMILES string of the molecule is CCCc1c(Cc2[nH]c(C=O)c(C)c2CCC)[nH]c(C=O)c1C. The van der Waals surface area contributed by atoms with Crippen molar-refractivity contribution in [2.45, 2.75) is 59.8 Å². The Balaban J connectivity index is 2.46. The van der Waals surface area contributed by atoms with Gasteiger partial charge in [0.2, 0.25) is 0 Å². The van der Waals surface area contributed by atoms with E-state index in [1.54, 1.807) is 0 Å². The highest BCUT2D eigenvalue weighted by Gasteiger charge is 2.18. The van der Waals surface area contributed by atoms with Crippen LogP contribution in [0, 0.1) is 13.8 Å². The largest absolute Gasteiger partial charge is 0.355 e. The second-order valence-electron chi connectivity index (χ2n) is 6.15. The Morgan fingerprint density at radius 3 is 1.48 bits per heavy atom. The molecule has 23 heavy (non-hydrogen) atoms. The third-order valence-electron chi connectivity index (χ3n) is 4.60. The molecule has 0 aliphatic carbocycles. The molecule has 0 aliphatic heterocycles. The van der Waals surface area contributed by atoms with Crippen LogP contribution in [0.25, 0.3) is 0 Å². The Morgan fingerprint density at radius 1 is 0.783 bits per heavy atom. The molecule has 0 radical (unpaired) electrons. The summed E-state index contributed by atoms with van der Waals surface area (Å²) in [6.07, 6.45) is 6.46. The van der Waals surface area contributed by atoms with Gasteiger partial charge >= 0.3 is 0 Å². The molecule has 2 aromatic heterocycles. The van der Waals surface area contributed by atoms with E-state index < -0.39 is 0 Å². The van der Waals surface area contributed by atoms with Gasteiger partial charge in [0.25, 0.3) is 0 Å². The quantitative estimate of drug-likeness (QED) is 0.721. The van der Waals surface area contributed by atoms with Crippen LogP contribution >= 0.6 is 0 Å². The molecule has 0 atom stereocenters. The van der Waals surface area contributed by atoms with E-state index in [1.807, 2.05) is 13.8 Å². The van der Waals surface area contributed by atoms with E-state index in [1.165, 1.54) is 11.1 Å². The Kier molecular flexibility index (Phi) is 5.59. The van der Waals surface area contributed by atoms with Crippen molar-refractivity contribution in [1.29, 1.82) is 0 Å². The van der Waals surface area contributed by atoms with Crippen molar-refractivity contribution in [3.05, 3.63) is 45.0 Å². The zero-order valence-electron chi connectivity index (χ0n) is 14.5. The molecule has 4 nitrogen and oxygen atoms in total. The minimum absolute atomic E-state index is 0.666. The summed E-state index contributed by atoms with van der Waals surface area (Å²) in [6.45, 7) is 8.28. The van der Waals surface area contributed by atoms with Crippen LogP contribution in [-0.4, -0.2) is 22.5 Å². The zero-order valence-corrected chi connectivity index (χ0v) is 14.5. The Morgan fingerprint density at radius 2 is 1.17 bits per heavy atom. The van der Waals surface area contributed by atoms with Crippen molar-refractivity contribution in [2.75, 3.05) is 0 Å². The Labute approximate surface area is 137 Å². The van der Waals surface area contributed by atoms with Crippen LogP contribution in [0.4, 0.5) is 0 Å². The van der Waals surface area contributed by atoms with Gasteiger partial charge in [-0.1, -0.05) is 26.7 Å². The number of aldehydes is 2. The average Bonchev–Trinajstić information content (AvgIpc) is 3.00. The molecular formula is C19H26N2O2. The zero-order chi connectivity index (χ0) is 17.0. The van der Waals surface area contributed by atoms with Crippen LogP contribution in [-0.2, 0) is 19.3 Å². The lowest BCUT2D eigenvalue weighted by Gasteiger charge is -2.07. The first-order chi connectivity index (χ1) is 11.1. The van der Waals surface area contributed by atoms with E-state index in [0.717, 1.165) is 60.8 Å². The van der Waals surface area contributed by atoms with Crippen molar-refractivity contribution in [2.24, 2.45) is 0 Å². The van der Waals surface area contributed by atoms with Crippen molar-refractivity contribution >= 4 is 12.6 Å². The van der Waals surface area contributed by atoms with Gasteiger partial charge in [-0.15, -0.1) is 0 Å². The minimum atomic E-state index is 0.666. The predicted octanol–water partition coefficient (Wildman–Crippen LogP) is 4.08. The lowest BCUT2D eigenvalue weighted by atomic mass is 9.99. The first kappa shape index (κ1) is 17.3. The fourth-order valence-corrected chi connectivity index (χ4v) is 3.33. The van der Waals surface area contributed by atoms with E-state index in [0.29, 0.717) is 17.8 Å². The number of hydrogen-bond donors (Lipinski definition) is 2. The molecule has 4 heteroatoms. The highest BCUT2D eigenvalue weighted by molar-refractivity contribution is 5.77. The summed E-state index contributed by atoms with van der Waals surface area (Å²) in [5.41, 5.74) is 8.07. The molecule has 0 saturated heterocycles. The molecule has 0 aromatic carbocycles. The van der Waals surface area contributed by atoms with Gasteiger partial charge in [0.15, 0.2) is 12.6 Å². The molecule has 2 rings (SSSR count). The van der Waals surface area contributed by atoms with Crippen molar-refractivity contribution in [1.82, 2.24) is 9.97 Å². The third kappa shape index (κ3) is 3.31. The normalized spacial score (nSPS) is 11.0. The average molecular weight is 314 g/mol. The molecule has 0 aliphatic rings. The molecule has 124 valence electrons. The van der Waals surface area contributed by atoms with Crippen LogP contribution in [0.5, 0.6) is 0 Å². The van der Waals surface area contributed by atoms with Gasteiger partial charge in [-0.25, -0.2) is 0 Å². The molecule has 2 heterocycles. The number of aromatic amines is 2. The fraction of sp³-hybridized carbons (Fsp3) is 0.474. The topological polar surface area (TPSA) is 65.7 Å². The number of aromatic nitrogens is 2. The fourth-order valence-electron chi connectivity index (χ4n) is 3.33. The monoisotopic (exact) mass is 314 g/mol. The van der Waals surface area contributed by atoms with Crippen LogP contribution in [0.2, 0.25) is 0 Å². The van der Waals surface area contributed by atoms with E-state index >= 15 is 0 Å². The number of carbonyl (C=O) groups excluding carboxylic acids is 2. The minimum Gasteiger partial charge on any atom is -0.355 e. The summed E-state index contributed by atoms with van der Waals surface area (Å²) in [5.74, 6) is 0. The lowest BCUT2D eigenvalue weighted by molar-refractivity contribution is 0.111. The van der Waals surface area contributed by atoms with Crippen LogP contribution < -0.4 is 0 Å². The number of nitrogens with one attached hydrogen (secondary N) is 2. The van der Waals surface area contributed by atoms with Gasteiger partial charge in [0.05, 0.1) is 11.4 Å². The van der Waals surface area contributed by atoms with Gasteiger partial charge in [-0.3, -0.25) is 9.59 Å². The van der Waals surface area contributed by atoms with Crippen LogP contribution in [0.15, 0.2) is 0 Å². The van der Waals surface area contributed by atoms with Gasteiger partial charge in [0, 0.05) is 17.8 Å². The van der Waals surface area contributed by atoms with Crippen molar-refractivity contribution in [3.8, 4) is 0 Å². The van der Waals surface area contributed by atoms with Gasteiger partial charge in [0.1, 0.15) is 0 Å². The maximum atomic E-state index is 11.2. The maximum Gasteiger partial charge on any atom is 0.166 e. The van der Waals surface area contributed by atoms with Gasteiger partial charge < -0.3 is 9.97 Å². The molecule has 0 bridgehead atoms. The lowest BCUT2D eigenvalue weighted by Crippen LogP contribution is -1.99. The highest BCUT2D eigenvalue weighted by atomic mass is 16.1. The van der Waals surface area contributed by atoms with Crippen molar-refractivity contribution < 1.29 is 9.59 Å². The van der Waals surface area contributed by atoms with Crippen LogP contribution in [0.3, 0.4) is 0 Å². The summed E-state index contributed by atoms with van der Waals surface area (Å²) < 4.78 is 0. The number of H-pyrrole nitrogens is 2. The molecule has 0 unspecified atom stereocenters. The summed E-state index contributed by atoms with van der Waals surface area (Å²) in [7, 11) is 0. The van der Waals surface area contributed by atoms with E-state index in [-0.39, 0.29) is 0 Å². The second kappa shape index (κ2) is 7.44. The maximum absolute atomic E-state index is 11.2. The summed E-state index contributed by atoms with van der Waals surface area (Å²) in [5, 5.41) is 0. The van der Waals surface area contributed by atoms with Gasteiger partial charge in [-0.05, 0) is 48.9 Å². The first-order valence-electron chi connectivity index (χ1n) is 8.38. The Hall–Kier alpha value is -2.10. The molecule has 0 fully saturated rings. The summed E-state index contributed by atoms with van der Waals surface area (Å²) in [6, 6.07) is 0. The van der Waals surface area contributed by atoms with E-state index in [4.69, 9.17) is 0 Å². The molecule has 0 spiro atoms. The third-order valence-corrected chi connectivity index (χ3v) is 4.60. The molecule has 2 aromatic rings. The molecule has 0 amide bonds. The predicted molar refractivity (Wildman–Crippen MR) is 92.6 cm³/mol. The summed E-state index contributed by atoms with van der Waals surface area (Å²) >= 11 is 0. The number of rotatable bonds is 8. The van der Waals surface area contributed by atoms with E-state index in [9.17, 15) is 9.59 Å². The molecule has 0 saturated carbocycles. The second-order valence-corrected chi connectivity index (χ2v) is 6.15. The number of hydrogen-bond acceptors (Lipinski definition) is 2. The van der Waals surface area contributed by atoms with Gasteiger partial charge in [-0.2, -0.15) is 0 Å².